The highest BCUT2D eigenvalue weighted by Crippen LogP contribution is 2.14. The maximum Gasteiger partial charge on any atom is 0.407 e. The van der Waals surface area contributed by atoms with Crippen LogP contribution in [0.3, 0.4) is 0 Å². The molecule has 0 bridgehead atoms. The van der Waals surface area contributed by atoms with Crippen LogP contribution in [0.5, 0.6) is 0 Å². The van der Waals surface area contributed by atoms with Crippen molar-refractivity contribution in [3.63, 3.8) is 0 Å². The van der Waals surface area contributed by atoms with E-state index in [0.717, 1.165) is 44.9 Å². The van der Waals surface area contributed by atoms with Gasteiger partial charge in [0.2, 0.25) is 0 Å². The van der Waals surface area contributed by atoms with Gasteiger partial charge in [0.25, 0.3) is 0 Å². The van der Waals surface area contributed by atoms with Crippen LogP contribution in [0.25, 0.3) is 0 Å². The summed E-state index contributed by atoms with van der Waals surface area (Å²) in [5, 5.41) is 6.40. The molecule has 1 amide bonds. The Morgan fingerprint density at radius 1 is 1.28 bits per heavy atom. The normalized spacial score (nSPS) is 17.2. The number of ether oxygens (including phenoxy) is 1. The summed E-state index contributed by atoms with van der Waals surface area (Å²) in [6, 6.07) is 8.78. The number of carbonyl (C=O) groups is 1. The van der Waals surface area contributed by atoms with Crippen molar-refractivity contribution in [3.8, 4) is 0 Å². The molecule has 2 N–H and O–H groups in total. The molecule has 1 heterocycles. The number of hydrogen-bond donors (Lipinski definition) is 2. The van der Waals surface area contributed by atoms with E-state index < -0.39 is 5.60 Å². The maximum atomic E-state index is 12.0. The van der Waals surface area contributed by atoms with E-state index in [1.54, 1.807) is 7.05 Å². The fourth-order valence-corrected chi connectivity index (χ4v) is 3.33. The summed E-state index contributed by atoms with van der Waals surface area (Å²) in [6.45, 7) is 8.08. The lowest BCUT2D eigenvalue weighted by atomic mass is 10.1. The van der Waals surface area contributed by atoms with E-state index in [1.807, 2.05) is 20.8 Å². The zero-order valence-corrected chi connectivity index (χ0v) is 18.8. The summed E-state index contributed by atoms with van der Waals surface area (Å²) in [6.07, 6.45) is 2.60. The molecule has 1 aliphatic heterocycles. The number of hydrogen-bond acceptors (Lipinski definition) is 4. The van der Waals surface area contributed by atoms with Gasteiger partial charge in [0.1, 0.15) is 5.60 Å². The molecule has 7 nitrogen and oxygen atoms in total. The number of amides is 1. The van der Waals surface area contributed by atoms with E-state index in [2.05, 4.69) is 63.8 Å². The van der Waals surface area contributed by atoms with Crippen LogP contribution in [0.4, 0.5) is 10.5 Å². The SMILES string of the molecule is CN=C(NCCCc1ccc(N(C)C)cc1)N1CCC(NC(=O)OC(C)(C)C)C1. The number of likely N-dealkylation sites (tertiary alicyclic amines) is 1. The zero-order valence-electron chi connectivity index (χ0n) is 18.8. The molecule has 29 heavy (non-hydrogen) atoms. The third-order valence-electron chi connectivity index (χ3n) is 4.80. The van der Waals surface area contributed by atoms with Crippen LogP contribution in [0.15, 0.2) is 29.3 Å². The van der Waals surface area contributed by atoms with E-state index in [9.17, 15) is 4.79 Å². The predicted octanol–water partition coefficient (Wildman–Crippen LogP) is 2.86. The molecule has 2 rings (SSSR count). The van der Waals surface area contributed by atoms with Gasteiger partial charge >= 0.3 is 6.09 Å². The Morgan fingerprint density at radius 3 is 2.55 bits per heavy atom. The lowest BCUT2D eigenvalue weighted by Crippen LogP contribution is -2.44. The molecule has 0 aromatic heterocycles. The Bertz CT molecular complexity index is 679. The Balaban J connectivity index is 1.71. The number of carbonyl (C=O) groups excluding carboxylic acids is 1. The second-order valence-electron chi connectivity index (χ2n) is 8.72. The number of aliphatic imine (C=N–C) groups is 1. The van der Waals surface area contributed by atoms with Crippen LogP contribution in [-0.4, -0.2) is 69.4 Å². The first-order valence-corrected chi connectivity index (χ1v) is 10.4. The summed E-state index contributed by atoms with van der Waals surface area (Å²) in [5.74, 6) is 0.890. The van der Waals surface area contributed by atoms with Crippen LogP contribution in [-0.2, 0) is 11.2 Å². The van der Waals surface area contributed by atoms with Crippen molar-refractivity contribution < 1.29 is 9.53 Å². The Kier molecular flexibility index (Phi) is 8.17. The van der Waals surface area contributed by atoms with Gasteiger partial charge in [-0.2, -0.15) is 0 Å². The van der Waals surface area contributed by atoms with Gasteiger partial charge in [-0.1, -0.05) is 12.1 Å². The summed E-state index contributed by atoms with van der Waals surface area (Å²) in [7, 11) is 5.91. The molecule has 0 saturated carbocycles. The monoisotopic (exact) mass is 403 g/mol. The largest absolute Gasteiger partial charge is 0.444 e. The number of anilines is 1. The van der Waals surface area contributed by atoms with Gasteiger partial charge in [0, 0.05) is 46.5 Å². The lowest BCUT2D eigenvalue weighted by Gasteiger charge is -2.23. The number of rotatable bonds is 6. The molecule has 1 aliphatic rings. The van der Waals surface area contributed by atoms with Gasteiger partial charge in [-0.15, -0.1) is 0 Å². The molecule has 1 aromatic rings. The van der Waals surface area contributed by atoms with Crippen molar-refractivity contribution in [1.29, 1.82) is 0 Å². The lowest BCUT2D eigenvalue weighted by molar-refractivity contribution is 0.0507. The zero-order chi connectivity index (χ0) is 21.4. The maximum absolute atomic E-state index is 12.0. The second kappa shape index (κ2) is 10.4. The van der Waals surface area contributed by atoms with E-state index in [1.165, 1.54) is 11.3 Å². The third-order valence-corrected chi connectivity index (χ3v) is 4.80. The average molecular weight is 404 g/mol. The van der Waals surface area contributed by atoms with Crippen LogP contribution in [0.2, 0.25) is 0 Å². The molecule has 1 saturated heterocycles. The molecular formula is C22H37N5O2. The van der Waals surface area contributed by atoms with Gasteiger partial charge < -0.3 is 25.2 Å². The number of nitrogens with zero attached hydrogens (tertiary/aromatic N) is 3. The number of nitrogens with one attached hydrogen (secondary N) is 2. The fourth-order valence-electron chi connectivity index (χ4n) is 3.33. The Hall–Kier alpha value is -2.44. The van der Waals surface area contributed by atoms with E-state index in [4.69, 9.17) is 4.74 Å². The number of alkyl carbamates (subject to hydrolysis) is 1. The van der Waals surface area contributed by atoms with Crippen molar-refractivity contribution in [3.05, 3.63) is 29.8 Å². The first-order chi connectivity index (χ1) is 13.7. The van der Waals surface area contributed by atoms with E-state index >= 15 is 0 Å². The number of aryl methyl sites for hydroxylation is 1. The molecule has 0 radical (unpaired) electrons. The predicted molar refractivity (Wildman–Crippen MR) is 120 cm³/mol. The molecule has 1 atom stereocenters. The van der Waals surface area contributed by atoms with Gasteiger partial charge in [0.05, 0.1) is 6.04 Å². The molecule has 162 valence electrons. The number of benzene rings is 1. The Morgan fingerprint density at radius 2 is 1.97 bits per heavy atom. The van der Waals surface area contributed by atoms with Crippen molar-refractivity contribution in [2.24, 2.45) is 4.99 Å². The van der Waals surface area contributed by atoms with Crippen LogP contribution >= 0.6 is 0 Å². The van der Waals surface area contributed by atoms with E-state index in [0.29, 0.717) is 0 Å². The Labute approximate surface area is 175 Å². The summed E-state index contributed by atoms with van der Waals surface area (Å²) < 4.78 is 5.35. The summed E-state index contributed by atoms with van der Waals surface area (Å²) in [4.78, 5) is 20.7. The quantitative estimate of drug-likeness (QED) is 0.434. The van der Waals surface area contributed by atoms with Crippen molar-refractivity contribution in [2.45, 2.75) is 51.7 Å². The highest BCUT2D eigenvalue weighted by molar-refractivity contribution is 5.80. The molecule has 0 aliphatic carbocycles. The smallest absolute Gasteiger partial charge is 0.407 e. The number of guanidine groups is 1. The van der Waals surface area contributed by atoms with Crippen LogP contribution < -0.4 is 15.5 Å². The van der Waals surface area contributed by atoms with Crippen molar-refractivity contribution in [2.75, 3.05) is 45.7 Å². The minimum Gasteiger partial charge on any atom is -0.444 e. The van der Waals surface area contributed by atoms with Gasteiger partial charge in [0.15, 0.2) is 5.96 Å². The van der Waals surface area contributed by atoms with Gasteiger partial charge in [-0.25, -0.2) is 4.79 Å². The highest BCUT2D eigenvalue weighted by Gasteiger charge is 2.27. The summed E-state index contributed by atoms with van der Waals surface area (Å²) >= 11 is 0. The molecule has 0 spiro atoms. The third kappa shape index (κ3) is 7.83. The van der Waals surface area contributed by atoms with Gasteiger partial charge in [-0.3, -0.25) is 4.99 Å². The molecule has 7 heteroatoms. The fraction of sp³-hybridized carbons (Fsp3) is 0.636. The first kappa shape index (κ1) is 22.8. The summed E-state index contributed by atoms with van der Waals surface area (Å²) in [5.41, 5.74) is 2.08. The van der Waals surface area contributed by atoms with E-state index in [-0.39, 0.29) is 12.1 Å². The van der Waals surface area contributed by atoms with Crippen molar-refractivity contribution in [1.82, 2.24) is 15.5 Å². The molecule has 1 unspecified atom stereocenters. The van der Waals surface area contributed by atoms with Crippen LogP contribution in [0, 0.1) is 0 Å². The minimum absolute atomic E-state index is 0.0820. The van der Waals surface area contributed by atoms with Crippen molar-refractivity contribution >= 4 is 17.7 Å². The highest BCUT2D eigenvalue weighted by atomic mass is 16.6. The topological polar surface area (TPSA) is 69.2 Å². The minimum atomic E-state index is -0.479. The average Bonchev–Trinajstić information content (AvgIpc) is 3.08. The van der Waals surface area contributed by atoms with Crippen LogP contribution in [0.1, 0.15) is 39.2 Å². The first-order valence-electron chi connectivity index (χ1n) is 10.4. The molecular weight excluding hydrogens is 366 g/mol. The standard InChI is InChI=1S/C22H37N5O2/c1-22(2,3)29-21(28)25-18-13-15-27(16-18)20(23-4)24-14-7-8-17-9-11-19(12-10-17)26(5)6/h9-12,18H,7-8,13-16H2,1-6H3,(H,23,24)(H,25,28). The molecule has 1 aromatic carbocycles. The molecule has 1 fully saturated rings. The second-order valence-corrected chi connectivity index (χ2v) is 8.72. The van der Waals surface area contributed by atoms with Gasteiger partial charge in [-0.05, 0) is 57.7 Å².